The van der Waals surface area contributed by atoms with Crippen LogP contribution in [0.15, 0.2) is 0 Å². The summed E-state index contributed by atoms with van der Waals surface area (Å²) in [6.45, 7) is 6.78. The van der Waals surface area contributed by atoms with Crippen molar-refractivity contribution in [2.24, 2.45) is 0 Å². The van der Waals surface area contributed by atoms with Gasteiger partial charge in [0.15, 0.2) is 0 Å². The number of ether oxygens (including phenoxy) is 1. The lowest BCUT2D eigenvalue weighted by Gasteiger charge is -2.45. The molecule has 2 heterocycles. The molecule has 124 valence electrons. The van der Waals surface area contributed by atoms with E-state index in [1.807, 2.05) is 0 Å². The average Bonchev–Trinajstić information content (AvgIpc) is 2.46. The zero-order valence-corrected chi connectivity index (χ0v) is 14.3. The Labute approximate surface area is 129 Å². The van der Waals surface area contributed by atoms with Gasteiger partial charge < -0.3 is 9.64 Å². The monoisotopic (exact) mass is 319 g/mol. The third-order valence-corrected chi connectivity index (χ3v) is 6.54. The summed E-state index contributed by atoms with van der Waals surface area (Å²) in [6, 6.07) is 0.907. The second kappa shape index (κ2) is 7.37. The van der Waals surface area contributed by atoms with Gasteiger partial charge in [-0.3, -0.25) is 4.90 Å². The van der Waals surface area contributed by atoms with E-state index in [9.17, 15) is 8.42 Å². The molecule has 2 aliphatic rings. The van der Waals surface area contributed by atoms with Crippen LogP contribution < -0.4 is 0 Å². The Hall–Kier alpha value is -0.210. The molecule has 2 saturated heterocycles. The van der Waals surface area contributed by atoms with Crippen molar-refractivity contribution in [3.8, 4) is 0 Å². The molecule has 2 fully saturated rings. The smallest absolute Gasteiger partial charge is 0.216 e. The minimum Gasteiger partial charge on any atom is -0.384 e. The molecule has 1 atom stereocenters. The number of rotatable bonds is 5. The van der Waals surface area contributed by atoms with Crippen molar-refractivity contribution < 1.29 is 13.2 Å². The molecule has 21 heavy (non-hydrogen) atoms. The molecule has 0 aliphatic carbocycles. The maximum atomic E-state index is 12.2. The average molecular weight is 319 g/mol. The van der Waals surface area contributed by atoms with E-state index in [2.05, 4.69) is 23.8 Å². The SMILES string of the molecule is COCCS(=O)(=O)N1CCN(C2CCN(C)CC2)C(C)C1. The molecule has 2 rings (SSSR count). The van der Waals surface area contributed by atoms with Crippen LogP contribution in [0.3, 0.4) is 0 Å². The van der Waals surface area contributed by atoms with Crippen molar-refractivity contribution in [3.63, 3.8) is 0 Å². The highest BCUT2D eigenvalue weighted by Crippen LogP contribution is 2.22. The van der Waals surface area contributed by atoms with Crippen LogP contribution in [0.2, 0.25) is 0 Å². The fourth-order valence-corrected chi connectivity index (χ4v) is 4.82. The molecule has 0 saturated carbocycles. The first kappa shape index (κ1) is 17.1. The van der Waals surface area contributed by atoms with Gasteiger partial charge in [-0.1, -0.05) is 0 Å². The Morgan fingerprint density at radius 3 is 2.38 bits per heavy atom. The van der Waals surface area contributed by atoms with E-state index in [0.717, 1.165) is 19.6 Å². The topological polar surface area (TPSA) is 53.1 Å². The summed E-state index contributed by atoms with van der Waals surface area (Å²) < 4.78 is 31.0. The molecule has 2 aliphatic heterocycles. The molecule has 0 bridgehead atoms. The summed E-state index contributed by atoms with van der Waals surface area (Å²) in [5.74, 6) is 0.0877. The standard InChI is InChI=1S/C14H29N3O3S/c1-13-12-16(21(18,19)11-10-20-3)8-9-17(13)14-4-6-15(2)7-5-14/h13-14H,4-12H2,1-3H3. The van der Waals surface area contributed by atoms with Crippen LogP contribution in [-0.4, -0.2) is 93.8 Å². The first-order chi connectivity index (χ1) is 9.94. The summed E-state index contributed by atoms with van der Waals surface area (Å²) in [5, 5.41) is 0. The summed E-state index contributed by atoms with van der Waals surface area (Å²) in [6.07, 6.45) is 2.38. The van der Waals surface area contributed by atoms with Gasteiger partial charge in [-0.15, -0.1) is 0 Å². The summed E-state index contributed by atoms with van der Waals surface area (Å²) >= 11 is 0. The van der Waals surface area contributed by atoms with Gasteiger partial charge in [0.2, 0.25) is 10.0 Å². The number of piperazine rings is 1. The third-order valence-electron chi connectivity index (χ3n) is 4.74. The third kappa shape index (κ3) is 4.39. The molecule has 0 radical (unpaired) electrons. The van der Waals surface area contributed by atoms with Gasteiger partial charge in [-0.25, -0.2) is 8.42 Å². The fourth-order valence-electron chi connectivity index (χ4n) is 3.38. The van der Waals surface area contributed by atoms with Crippen LogP contribution in [0.25, 0.3) is 0 Å². The second-order valence-electron chi connectivity index (χ2n) is 6.29. The molecule has 0 aromatic rings. The fraction of sp³-hybridized carbons (Fsp3) is 1.00. The molecule has 0 aromatic heterocycles. The minimum atomic E-state index is -3.17. The summed E-state index contributed by atoms with van der Waals surface area (Å²) in [5.41, 5.74) is 0. The van der Waals surface area contributed by atoms with Crippen molar-refractivity contribution in [2.75, 3.05) is 59.2 Å². The lowest BCUT2D eigenvalue weighted by Crippen LogP contribution is -2.58. The van der Waals surface area contributed by atoms with Crippen molar-refractivity contribution >= 4 is 10.0 Å². The highest BCUT2D eigenvalue weighted by atomic mass is 32.2. The molecule has 0 amide bonds. The van der Waals surface area contributed by atoms with E-state index in [1.165, 1.54) is 20.0 Å². The molecule has 6 nitrogen and oxygen atoms in total. The number of methoxy groups -OCH3 is 1. The van der Waals surface area contributed by atoms with Crippen molar-refractivity contribution in [3.05, 3.63) is 0 Å². The van der Waals surface area contributed by atoms with Crippen molar-refractivity contribution in [1.82, 2.24) is 14.1 Å². The lowest BCUT2D eigenvalue weighted by atomic mass is 10.0. The number of likely N-dealkylation sites (tertiary alicyclic amines) is 1. The van der Waals surface area contributed by atoms with Gasteiger partial charge in [0.1, 0.15) is 0 Å². The number of sulfonamides is 1. The minimum absolute atomic E-state index is 0.0877. The van der Waals surface area contributed by atoms with Crippen LogP contribution in [0.4, 0.5) is 0 Å². The predicted octanol–water partition coefficient (Wildman–Crippen LogP) is 0.0629. The number of hydrogen-bond acceptors (Lipinski definition) is 5. The number of hydrogen-bond donors (Lipinski definition) is 0. The summed E-state index contributed by atoms with van der Waals surface area (Å²) in [7, 11) is 0.537. The first-order valence-corrected chi connectivity index (χ1v) is 9.46. The molecule has 0 spiro atoms. The maximum Gasteiger partial charge on any atom is 0.216 e. The molecular formula is C14H29N3O3S. The molecule has 1 unspecified atom stereocenters. The highest BCUT2D eigenvalue weighted by Gasteiger charge is 2.34. The normalized spacial score (nSPS) is 28.0. The Bertz CT molecular complexity index is 421. The predicted molar refractivity (Wildman–Crippen MR) is 83.9 cm³/mol. The van der Waals surface area contributed by atoms with E-state index in [-0.39, 0.29) is 12.4 Å². The van der Waals surface area contributed by atoms with Gasteiger partial charge >= 0.3 is 0 Å². The molecule has 0 N–H and O–H groups in total. The van der Waals surface area contributed by atoms with Gasteiger partial charge in [0.05, 0.1) is 12.4 Å². The van der Waals surface area contributed by atoms with Gasteiger partial charge in [-0.05, 0) is 39.9 Å². The zero-order valence-electron chi connectivity index (χ0n) is 13.5. The van der Waals surface area contributed by atoms with Crippen LogP contribution in [0, 0.1) is 0 Å². The molecular weight excluding hydrogens is 290 g/mol. The summed E-state index contributed by atoms with van der Waals surface area (Å²) in [4.78, 5) is 4.88. The van der Waals surface area contributed by atoms with Crippen molar-refractivity contribution in [1.29, 1.82) is 0 Å². The van der Waals surface area contributed by atoms with Gasteiger partial charge in [0, 0.05) is 38.8 Å². The second-order valence-corrected chi connectivity index (χ2v) is 8.38. The van der Waals surface area contributed by atoms with Crippen LogP contribution in [0.5, 0.6) is 0 Å². The van der Waals surface area contributed by atoms with E-state index >= 15 is 0 Å². The molecule has 7 heteroatoms. The van der Waals surface area contributed by atoms with Gasteiger partial charge in [0.25, 0.3) is 0 Å². The van der Waals surface area contributed by atoms with Crippen molar-refractivity contribution in [2.45, 2.75) is 31.8 Å². The van der Waals surface area contributed by atoms with Crippen LogP contribution in [0.1, 0.15) is 19.8 Å². The van der Waals surface area contributed by atoms with E-state index in [1.54, 1.807) is 4.31 Å². The zero-order chi connectivity index (χ0) is 15.5. The Morgan fingerprint density at radius 1 is 1.14 bits per heavy atom. The van der Waals surface area contributed by atoms with E-state index in [0.29, 0.717) is 25.2 Å². The number of piperidine rings is 1. The first-order valence-electron chi connectivity index (χ1n) is 7.85. The van der Waals surface area contributed by atoms with E-state index in [4.69, 9.17) is 4.74 Å². The maximum absolute atomic E-state index is 12.2. The highest BCUT2D eigenvalue weighted by molar-refractivity contribution is 7.89. The number of nitrogens with zero attached hydrogens (tertiary/aromatic N) is 3. The van der Waals surface area contributed by atoms with Crippen LogP contribution >= 0.6 is 0 Å². The lowest BCUT2D eigenvalue weighted by molar-refractivity contribution is 0.0496. The Morgan fingerprint density at radius 2 is 1.81 bits per heavy atom. The van der Waals surface area contributed by atoms with Crippen LogP contribution in [-0.2, 0) is 14.8 Å². The van der Waals surface area contributed by atoms with E-state index < -0.39 is 10.0 Å². The molecule has 0 aromatic carbocycles. The Kier molecular flexibility index (Phi) is 6.02. The largest absolute Gasteiger partial charge is 0.384 e. The van der Waals surface area contributed by atoms with Gasteiger partial charge in [-0.2, -0.15) is 4.31 Å². The Balaban J connectivity index is 1.90. The quantitative estimate of drug-likeness (QED) is 0.717.